The second kappa shape index (κ2) is 10.6. The van der Waals surface area contributed by atoms with Crippen LogP contribution in [0, 0.1) is 0 Å². The summed E-state index contributed by atoms with van der Waals surface area (Å²) in [5, 5.41) is 7.05. The van der Waals surface area contributed by atoms with Crippen molar-refractivity contribution in [1.82, 2.24) is 20.5 Å². The van der Waals surface area contributed by atoms with Crippen LogP contribution in [0.3, 0.4) is 0 Å². The third-order valence-electron chi connectivity index (χ3n) is 5.53. The van der Waals surface area contributed by atoms with Crippen molar-refractivity contribution in [2.24, 2.45) is 4.99 Å². The molecule has 2 fully saturated rings. The Hall–Kier alpha value is -1.86. The van der Waals surface area contributed by atoms with E-state index in [1.807, 2.05) is 12.3 Å². The number of morpholine rings is 1. The van der Waals surface area contributed by atoms with Gasteiger partial charge in [-0.2, -0.15) is 0 Å². The summed E-state index contributed by atoms with van der Waals surface area (Å²) in [4.78, 5) is 14.3. The van der Waals surface area contributed by atoms with E-state index in [2.05, 4.69) is 52.3 Å². The minimum atomic E-state index is 0.486. The molecule has 0 amide bonds. The monoisotopic (exact) mass is 388 g/mol. The standard InChI is InChI=1S/C21H36N6O/c1-4-22-21(25-19-7-10-26(11-8-19)17(2)3)24-16-18-6-5-9-23-20(18)27-12-14-28-15-13-27/h5-6,9,17,19H,4,7-8,10-16H2,1-3H3,(H2,22,24,25). The molecule has 28 heavy (non-hydrogen) atoms. The highest BCUT2D eigenvalue weighted by molar-refractivity contribution is 5.80. The summed E-state index contributed by atoms with van der Waals surface area (Å²) < 4.78 is 5.48. The number of aromatic nitrogens is 1. The van der Waals surface area contributed by atoms with Crippen molar-refractivity contribution in [3.8, 4) is 0 Å². The maximum atomic E-state index is 5.48. The number of hydrogen-bond acceptors (Lipinski definition) is 5. The summed E-state index contributed by atoms with van der Waals surface area (Å²) in [7, 11) is 0. The molecule has 0 saturated carbocycles. The molecule has 7 nitrogen and oxygen atoms in total. The fraction of sp³-hybridized carbons (Fsp3) is 0.714. The minimum Gasteiger partial charge on any atom is -0.378 e. The van der Waals surface area contributed by atoms with E-state index in [0.717, 1.165) is 76.1 Å². The van der Waals surface area contributed by atoms with E-state index < -0.39 is 0 Å². The second-order valence-corrected chi connectivity index (χ2v) is 7.83. The van der Waals surface area contributed by atoms with Crippen LogP contribution in [0.15, 0.2) is 23.3 Å². The first-order valence-electron chi connectivity index (χ1n) is 10.7. The Labute approximate surface area is 169 Å². The van der Waals surface area contributed by atoms with Crippen LogP contribution in [0.25, 0.3) is 0 Å². The van der Waals surface area contributed by atoms with Crippen molar-refractivity contribution in [2.45, 2.75) is 52.2 Å². The van der Waals surface area contributed by atoms with Crippen molar-refractivity contribution < 1.29 is 4.74 Å². The number of hydrogen-bond donors (Lipinski definition) is 2. The summed E-state index contributed by atoms with van der Waals surface area (Å²) in [6, 6.07) is 5.25. The predicted octanol–water partition coefficient (Wildman–Crippen LogP) is 1.85. The van der Waals surface area contributed by atoms with E-state index in [1.54, 1.807) is 0 Å². The van der Waals surface area contributed by atoms with Gasteiger partial charge in [0.2, 0.25) is 0 Å². The smallest absolute Gasteiger partial charge is 0.191 e. The number of anilines is 1. The van der Waals surface area contributed by atoms with Gasteiger partial charge in [0, 0.05) is 56.6 Å². The Kier molecular flexibility index (Phi) is 7.91. The van der Waals surface area contributed by atoms with Gasteiger partial charge < -0.3 is 25.2 Å². The third-order valence-corrected chi connectivity index (χ3v) is 5.53. The summed E-state index contributed by atoms with van der Waals surface area (Å²) >= 11 is 0. The predicted molar refractivity (Wildman–Crippen MR) is 115 cm³/mol. The average molecular weight is 389 g/mol. The highest BCUT2D eigenvalue weighted by Crippen LogP contribution is 2.19. The lowest BCUT2D eigenvalue weighted by atomic mass is 10.0. The third kappa shape index (κ3) is 5.82. The van der Waals surface area contributed by atoms with Gasteiger partial charge in [0.15, 0.2) is 5.96 Å². The SMILES string of the molecule is CCNC(=NCc1cccnc1N1CCOCC1)NC1CCN(C(C)C)CC1. The van der Waals surface area contributed by atoms with Crippen molar-refractivity contribution >= 4 is 11.8 Å². The molecule has 0 unspecified atom stereocenters. The van der Waals surface area contributed by atoms with Crippen molar-refractivity contribution in [3.63, 3.8) is 0 Å². The van der Waals surface area contributed by atoms with E-state index in [4.69, 9.17) is 9.73 Å². The Morgan fingerprint density at radius 1 is 1.25 bits per heavy atom. The van der Waals surface area contributed by atoms with Gasteiger partial charge in [0.1, 0.15) is 5.82 Å². The van der Waals surface area contributed by atoms with Crippen LogP contribution in [0.4, 0.5) is 5.82 Å². The number of pyridine rings is 1. The van der Waals surface area contributed by atoms with E-state index in [9.17, 15) is 0 Å². The molecule has 0 bridgehead atoms. The minimum absolute atomic E-state index is 0.486. The zero-order chi connectivity index (χ0) is 19.8. The van der Waals surface area contributed by atoms with Crippen LogP contribution in [-0.2, 0) is 11.3 Å². The van der Waals surface area contributed by atoms with Crippen LogP contribution in [0.5, 0.6) is 0 Å². The zero-order valence-corrected chi connectivity index (χ0v) is 17.7. The van der Waals surface area contributed by atoms with E-state index in [-0.39, 0.29) is 0 Å². The van der Waals surface area contributed by atoms with Gasteiger partial charge in [-0.25, -0.2) is 9.98 Å². The first-order valence-corrected chi connectivity index (χ1v) is 10.7. The second-order valence-electron chi connectivity index (χ2n) is 7.83. The van der Waals surface area contributed by atoms with E-state index in [0.29, 0.717) is 18.6 Å². The normalized spacial score (nSPS) is 19.9. The number of guanidine groups is 1. The molecule has 7 heteroatoms. The molecule has 3 rings (SSSR count). The van der Waals surface area contributed by atoms with Crippen LogP contribution in [0.1, 0.15) is 39.2 Å². The lowest BCUT2D eigenvalue weighted by Gasteiger charge is -2.35. The maximum absolute atomic E-state index is 5.48. The molecule has 2 N–H and O–H groups in total. The topological polar surface area (TPSA) is 65.0 Å². The molecule has 156 valence electrons. The number of ether oxygens (including phenoxy) is 1. The molecular weight excluding hydrogens is 352 g/mol. The summed E-state index contributed by atoms with van der Waals surface area (Å²) in [5.41, 5.74) is 1.16. The Balaban J connectivity index is 1.62. The molecule has 2 saturated heterocycles. The van der Waals surface area contributed by atoms with Gasteiger partial charge in [-0.15, -0.1) is 0 Å². The molecule has 1 aromatic heterocycles. The first kappa shape index (κ1) is 20.9. The molecular formula is C21H36N6O. The molecule has 2 aliphatic rings. The fourth-order valence-corrected chi connectivity index (χ4v) is 3.85. The number of rotatable bonds is 6. The van der Waals surface area contributed by atoms with Gasteiger partial charge in [0.05, 0.1) is 19.8 Å². The summed E-state index contributed by atoms with van der Waals surface area (Å²) in [6.45, 7) is 13.8. The summed E-state index contributed by atoms with van der Waals surface area (Å²) in [5.74, 6) is 1.94. The number of nitrogens with one attached hydrogen (secondary N) is 2. The molecule has 1 aromatic rings. The van der Waals surface area contributed by atoms with Gasteiger partial charge in [0.25, 0.3) is 0 Å². The highest BCUT2D eigenvalue weighted by Gasteiger charge is 2.21. The molecule has 0 aromatic carbocycles. The van der Waals surface area contributed by atoms with Crippen LogP contribution < -0.4 is 15.5 Å². The van der Waals surface area contributed by atoms with Crippen molar-refractivity contribution in [2.75, 3.05) is 50.8 Å². The fourth-order valence-electron chi connectivity index (χ4n) is 3.85. The Morgan fingerprint density at radius 2 is 2.00 bits per heavy atom. The first-order chi connectivity index (χ1) is 13.7. The Bertz CT molecular complexity index is 621. The van der Waals surface area contributed by atoms with Crippen LogP contribution >= 0.6 is 0 Å². The molecule has 0 spiro atoms. The number of piperidine rings is 1. The van der Waals surface area contributed by atoms with Crippen LogP contribution in [-0.4, -0.2) is 73.9 Å². The molecule has 0 atom stereocenters. The molecule has 0 radical (unpaired) electrons. The molecule has 0 aliphatic carbocycles. The van der Waals surface area contributed by atoms with Gasteiger partial charge >= 0.3 is 0 Å². The number of aliphatic imine (C=N–C) groups is 1. The van der Waals surface area contributed by atoms with E-state index >= 15 is 0 Å². The summed E-state index contributed by atoms with van der Waals surface area (Å²) in [6.07, 6.45) is 4.19. The van der Waals surface area contributed by atoms with Gasteiger partial charge in [-0.3, -0.25) is 0 Å². The van der Waals surface area contributed by atoms with Gasteiger partial charge in [-0.05, 0) is 39.7 Å². The molecule has 2 aliphatic heterocycles. The quantitative estimate of drug-likeness (QED) is 0.573. The largest absolute Gasteiger partial charge is 0.378 e. The zero-order valence-electron chi connectivity index (χ0n) is 17.7. The van der Waals surface area contributed by atoms with E-state index in [1.165, 1.54) is 0 Å². The Morgan fingerprint density at radius 3 is 2.68 bits per heavy atom. The molecule has 3 heterocycles. The van der Waals surface area contributed by atoms with Crippen LogP contribution in [0.2, 0.25) is 0 Å². The number of nitrogens with zero attached hydrogens (tertiary/aromatic N) is 4. The lowest BCUT2D eigenvalue weighted by molar-refractivity contribution is 0.122. The average Bonchev–Trinajstić information content (AvgIpc) is 2.73. The van der Waals surface area contributed by atoms with Crippen molar-refractivity contribution in [1.29, 1.82) is 0 Å². The maximum Gasteiger partial charge on any atom is 0.191 e. The van der Waals surface area contributed by atoms with Crippen molar-refractivity contribution in [3.05, 3.63) is 23.9 Å². The highest BCUT2D eigenvalue weighted by atomic mass is 16.5. The lowest BCUT2D eigenvalue weighted by Crippen LogP contribution is -2.49. The number of likely N-dealkylation sites (tertiary alicyclic amines) is 1. The van der Waals surface area contributed by atoms with Gasteiger partial charge in [-0.1, -0.05) is 6.07 Å².